The molecular formula is C32H32Cl2Zr. The maximum absolute atomic E-state index is 2.61. The second-order valence-electron chi connectivity index (χ2n) is 11.2. The molecule has 1 saturated carbocycles. The number of hydrogen-bond donors (Lipinski definition) is 0. The van der Waals surface area contributed by atoms with Crippen molar-refractivity contribution in [2.45, 2.75) is 51.9 Å². The minimum Gasteiger partial charge on any atom is -1.00 e. The zero-order valence-corrected chi connectivity index (χ0v) is 24.9. The van der Waals surface area contributed by atoms with Crippen LogP contribution < -0.4 is 24.8 Å². The Labute approximate surface area is 242 Å². The van der Waals surface area contributed by atoms with Crippen molar-refractivity contribution in [3.05, 3.63) is 118 Å². The van der Waals surface area contributed by atoms with Gasteiger partial charge in [0, 0.05) is 17.3 Å². The first-order valence-electron chi connectivity index (χ1n) is 12.1. The fourth-order valence-corrected chi connectivity index (χ4v) is 6.56. The maximum Gasteiger partial charge on any atom is 2.00 e. The van der Waals surface area contributed by atoms with E-state index < -0.39 is 0 Å². The van der Waals surface area contributed by atoms with Gasteiger partial charge < -0.3 is 24.8 Å². The van der Waals surface area contributed by atoms with Crippen LogP contribution >= 0.6 is 0 Å². The molecule has 3 heteroatoms. The molecule has 0 heterocycles. The van der Waals surface area contributed by atoms with E-state index in [4.69, 9.17) is 0 Å². The van der Waals surface area contributed by atoms with E-state index in [9.17, 15) is 0 Å². The van der Waals surface area contributed by atoms with E-state index in [0.717, 1.165) is 6.42 Å². The van der Waals surface area contributed by atoms with Crippen LogP contribution in [0.2, 0.25) is 0 Å². The maximum atomic E-state index is 2.61. The summed E-state index contributed by atoms with van der Waals surface area (Å²) in [6.07, 6.45) is 7.40. The molecule has 6 rings (SSSR count). The third-order valence-corrected chi connectivity index (χ3v) is 8.28. The Balaban J connectivity index is 0.00000114. The number of rotatable bonds is 2. The molecule has 0 aromatic heterocycles. The second kappa shape index (κ2) is 10.2. The quantitative estimate of drug-likeness (QED) is 0.343. The van der Waals surface area contributed by atoms with E-state index in [0.29, 0.717) is 11.8 Å². The van der Waals surface area contributed by atoms with Crippen LogP contribution in [0.5, 0.6) is 0 Å². The minimum absolute atomic E-state index is 0. The van der Waals surface area contributed by atoms with Crippen LogP contribution in [-0.4, -0.2) is 0 Å². The molecule has 3 aliphatic carbocycles. The predicted octanol–water partition coefficient (Wildman–Crippen LogP) is 2.24. The molecule has 0 N–H and O–H groups in total. The third kappa shape index (κ3) is 4.48. The van der Waals surface area contributed by atoms with Gasteiger partial charge in [-0.1, -0.05) is 118 Å². The van der Waals surface area contributed by atoms with Crippen LogP contribution in [0.1, 0.15) is 62.3 Å². The van der Waals surface area contributed by atoms with Gasteiger partial charge in [0.25, 0.3) is 0 Å². The Kier molecular flexibility index (Phi) is 8.18. The molecule has 0 aliphatic heterocycles. The van der Waals surface area contributed by atoms with Gasteiger partial charge in [0.2, 0.25) is 0 Å². The number of hydrogen-bond acceptors (Lipinski definition) is 0. The molecule has 3 aromatic rings. The average Bonchev–Trinajstić information content (AvgIpc) is 3.46. The van der Waals surface area contributed by atoms with Gasteiger partial charge in [-0.15, -0.1) is 0 Å². The van der Waals surface area contributed by atoms with Crippen LogP contribution in [0.4, 0.5) is 0 Å². The van der Waals surface area contributed by atoms with Crippen molar-refractivity contribution < 1.29 is 51.0 Å². The van der Waals surface area contributed by atoms with Gasteiger partial charge in [-0.3, -0.25) is 0 Å². The Bertz CT molecular complexity index is 1280. The molecule has 3 unspecified atom stereocenters. The van der Waals surface area contributed by atoms with Gasteiger partial charge in [0.15, 0.2) is 0 Å². The van der Waals surface area contributed by atoms with Crippen LogP contribution in [0.3, 0.4) is 0 Å². The van der Waals surface area contributed by atoms with Crippen molar-refractivity contribution in [1.82, 2.24) is 0 Å². The second-order valence-corrected chi connectivity index (χ2v) is 11.2. The largest absolute Gasteiger partial charge is 2.00 e. The summed E-state index contributed by atoms with van der Waals surface area (Å²) in [5.74, 6) is 0.957. The van der Waals surface area contributed by atoms with Crippen molar-refractivity contribution in [2.24, 2.45) is 11.3 Å². The smallest absolute Gasteiger partial charge is 1.00 e. The van der Waals surface area contributed by atoms with Gasteiger partial charge in [0.1, 0.15) is 0 Å². The van der Waals surface area contributed by atoms with Crippen LogP contribution in [-0.2, 0) is 38.0 Å². The first-order valence-corrected chi connectivity index (χ1v) is 12.1. The van der Waals surface area contributed by atoms with Gasteiger partial charge in [-0.2, -0.15) is 0 Å². The van der Waals surface area contributed by atoms with Crippen molar-refractivity contribution in [3.63, 3.8) is 0 Å². The fourth-order valence-electron chi connectivity index (χ4n) is 6.56. The molecule has 3 aromatic carbocycles. The Morgan fingerprint density at radius 3 is 2.17 bits per heavy atom. The monoisotopic (exact) mass is 576 g/mol. The van der Waals surface area contributed by atoms with E-state index in [1.807, 2.05) is 0 Å². The number of allylic oxidation sites excluding steroid dienone is 4. The minimum atomic E-state index is 0. The van der Waals surface area contributed by atoms with E-state index in [-0.39, 0.29) is 61.8 Å². The van der Waals surface area contributed by atoms with Crippen LogP contribution in [0, 0.1) is 11.3 Å². The molecule has 3 aliphatic rings. The zero-order valence-electron chi connectivity index (χ0n) is 20.9. The van der Waals surface area contributed by atoms with Gasteiger partial charge >= 0.3 is 26.2 Å². The van der Waals surface area contributed by atoms with E-state index in [1.165, 1.54) is 34.2 Å². The molecule has 0 nitrogen and oxygen atoms in total. The Morgan fingerprint density at radius 1 is 0.800 bits per heavy atom. The number of fused-ring (bicyclic) bond motifs is 4. The number of halogens is 2. The standard InChI is InChI=1S/C32H32.2ClH.Zr/c1-31(2,3)23-18-27-28(21-11-6-5-7-12-21)20-32(4,30(27)19-23)29-16-10-15-25-24-14-9-8-13-22(24)17-26(25)29;;;/h5-16,18-19,28,30H,17,20H2,1-4H3;2*1H;/q;;;+2/p-2. The topological polar surface area (TPSA) is 0 Å². The molecule has 3 atom stereocenters. The number of benzene rings is 3. The Hall–Kier alpha value is -1.40. The molecule has 0 radical (unpaired) electrons. The fraction of sp³-hybridized carbons (Fsp3) is 0.312. The summed E-state index contributed by atoms with van der Waals surface area (Å²) in [5, 5.41) is 0. The van der Waals surface area contributed by atoms with Crippen molar-refractivity contribution >= 4 is 0 Å². The summed E-state index contributed by atoms with van der Waals surface area (Å²) in [4.78, 5) is 0. The predicted molar refractivity (Wildman–Crippen MR) is 135 cm³/mol. The van der Waals surface area contributed by atoms with Gasteiger partial charge in [-0.25, -0.2) is 0 Å². The van der Waals surface area contributed by atoms with Crippen LogP contribution in [0.15, 0.2) is 96.1 Å². The zero-order chi connectivity index (χ0) is 22.1. The first kappa shape index (κ1) is 28.2. The molecule has 35 heavy (non-hydrogen) atoms. The van der Waals surface area contributed by atoms with Crippen molar-refractivity contribution in [1.29, 1.82) is 0 Å². The summed E-state index contributed by atoms with van der Waals surface area (Å²) in [6.45, 7) is 9.59. The van der Waals surface area contributed by atoms with E-state index in [1.54, 1.807) is 16.7 Å². The van der Waals surface area contributed by atoms with Crippen molar-refractivity contribution in [2.75, 3.05) is 0 Å². The molecule has 0 bridgehead atoms. The first-order chi connectivity index (χ1) is 15.4. The van der Waals surface area contributed by atoms with Gasteiger partial charge in [0.05, 0.1) is 0 Å². The van der Waals surface area contributed by atoms with Crippen molar-refractivity contribution in [3.8, 4) is 11.1 Å². The molecule has 0 saturated heterocycles. The molecule has 1 fully saturated rings. The molecular weight excluding hydrogens is 546 g/mol. The SMILES string of the molecule is CC(C)(C)C1=CC2C(=C1)C(c1ccccc1)CC2(C)c1cccc2c1Cc1ccccc1-2.[Cl-].[Cl-].[Zr+2]. The summed E-state index contributed by atoms with van der Waals surface area (Å²) >= 11 is 0. The van der Waals surface area contributed by atoms with Gasteiger partial charge in [-0.05, 0) is 57.2 Å². The summed E-state index contributed by atoms with van der Waals surface area (Å²) in [5.41, 5.74) is 12.3. The normalized spacial score (nSPS) is 23.5. The van der Waals surface area contributed by atoms with E-state index in [2.05, 4.69) is 113 Å². The molecule has 0 spiro atoms. The summed E-state index contributed by atoms with van der Waals surface area (Å²) < 4.78 is 0. The Morgan fingerprint density at radius 2 is 1.46 bits per heavy atom. The molecule has 0 amide bonds. The summed E-state index contributed by atoms with van der Waals surface area (Å²) in [6, 6.07) is 27.2. The molecule has 178 valence electrons. The summed E-state index contributed by atoms with van der Waals surface area (Å²) in [7, 11) is 0. The van der Waals surface area contributed by atoms with Crippen LogP contribution in [0.25, 0.3) is 11.1 Å². The average molecular weight is 579 g/mol. The van der Waals surface area contributed by atoms with E-state index >= 15 is 0 Å². The third-order valence-electron chi connectivity index (χ3n) is 8.28.